The largest absolute Gasteiger partial charge is 0.455 e. The molecule has 0 aliphatic carbocycles. The van der Waals surface area contributed by atoms with Crippen LogP contribution in [0.1, 0.15) is 5.56 Å². The van der Waals surface area contributed by atoms with Gasteiger partial charge < -0.3 is 10.1 Å². The third-order valence-electron chi connectivity index (χ3n) is 2.50. The highest BCUT2D eigenvalue weighted by molar-refractivity contribution is 7.08. The molecule has 0 aliphatic rings. The number of carbonyl (C=O) groups excluding carboxylic acids is 2. The number of ether oxygens (including phenoxy) is 1. The molecular weight excluding hydrogens is 333 g/mol. The van der Waals surface area contributed by atoms with Crippen molar-refractivity contribution in [1.29, 1.82) is 0 Å². The predicted molar refractivity (Wildman–Crippen MR) is 84.1 cm³/mol. The predicted octanol–water partition coefficient (Wildman–Crippen LogP) is 3.78. The lowest BCUT2D eigenvalue weighted by molar-refractivity contribution is -0.146. The van der Waals surface area contributed by atoms with Crippen LogP contribution in [-0.4, -0.2) is 18.5 Å². The van der Waals surface area contributed by atoms with Crippen LogP contribution < -0.4 is 5.32 Å². The van der Waals surface area contributed by atoms with Crippen LogP contribution in [-0.2, 0) is 20.7 Å². The van der Waals surface area contributed by atoms with Crippen LogP contribution in [0.5, 0.6) is 0 Å². The van der Waals surface area contributed by atoms with Gasteiger partial charge in [0.2, 0.25) is 0 Å². The number of amides is 1. The number of hydrogen-bond donors (Lipinski definition) is 1. The van der Waals surface area contributed by atoms with Gasteiger partial charge in [-0.1, -0.05) is 23.2 Å². The summed E-state index contributed by atoms with van der Waals surface area (Å²) in [5.41, 5.74) is 1.28. The van der Waals surface area contributed by atoms with Crippen molar-refractivity contribution in [1.82, 2.24) is 0 Å². The molecule has 0 spiro atoms. The minimum atomic E-state index is -0.460. The molecule has 1 amide bonds. The van der Waals surface area contributed by atoms with E-state index in [4.69, 9.17) is 27.9 Å². The van der Waals surface area contributed by atoms with Crippen molar-refractivity contribution in [3.8, 4) is 0 Å². The van der Waals surface area contributed by atoms with Gasteiger partial charge in [0.1, 0.15) is 0 Å². The van der Waals surface area contributed by atoms with Gasteiger partial charge in [0.25, 0.3) is 5.91 Å². The van der Waals surface area contributed by atoms with Crippen molar-refractivity contribution < 1.29 is 14.3 Å². The molecule has 0 radical (unpaired) electrons. The molecule has 1 heterocycles. The molecule has 0 fully saturated rings. The minimum Gasteiger partial charge on any atom is -0.455 e. The first-order valence-corrected chi connectivity index (χ1v) is 7.66. The first-order valence-electron chi connectivity index (χ1n) is 5.96. The topological polar surface area (TPSA) is 55.4 Å². The molecule has 0 unspecified atom stereocenters. The Hall–Kier alpha value is -1.56. The zero-order valence-electron chi connectivity index (χ0n) is 10.8. The van der Waals surface area contributed by atoms with E-state index in [0.29, 0.717) is 15.7 Å². The van der Waals surface area contributed by atoms with Crippen LogP contribution in [0.15, 0.2) is 35.0 Å². The van der Waals surface area contributed by atoms with Gasteiger partial charge in [0.05, 0.1) is 17.1 Å². The average molecular weight is 344 g/mol. The third kappa shape index (κ3) is 5.04. The Morgan fingerprint density at radius 2 is 2.05 bits per heavy atom. The van der Waals surface area contributed by atoms with Gasteiger partial charge in [-0.05, 0) is 40.6 Å². The van der Waals surface area contributed by atoms with Crippen LogP contribution >= 0.6 is 34.5 Å². The van der Waals surface area contributed by atoms with Gasteiger partial charge in [0.15, 0.2) is 6.61 Å². The van der Waals surface area contributed by atoms with E-state index in [9.17, 15) is 9.59 Å². The number of anilines is 1. The summed E-state index contributed by atoms with van der Waals surface area (Å²) in [5, 5.41) is 7.07. The smallest absolute Gasteiger partial charge is 0.310 e. The molecule has 0 bridgehead atoms. The molecule has 2 aromatic rings. The molecular formula is C14H11Cl2NO3S. The molecule has 0 saturated heterocycles. The fourth-order valence-corrected chi connectivity index (χ4v) is 2.66. The average Bonchev–Trinajstić information content (AvgIpc) is 2.92. The molecule has 0 atom stereocenters. The fourth-order valence-electron chi connectivity index (χ4n) is 1.53. The van der Waals surface area contributed by atoms with Gasteiger partial charge in [-0.2, -0.15) is 11.3 Å². The van der Waals surface area contributed by atoms with E-state index in [1.54, 1.807) is 12.1 Å². The summed E-state index contributed by atoms with van der Waals surface area (Å²) < 4.78 is 4.90. The quantitative estimate of drug-likeness (QED) is 0.840. The molecule has 1 aromatic heterocycles. The number of nitrogens with one attached hydrogen (secondary N) is 1. The van der Waals surface area contributed by atoms with E-state index in [-0.39, 0.29) is 13.0 Å². The molecule has 21 heavy (non-hydrogen) atoms. The van der Waals surface area contributed by atoms with Crippen LogP contribution in [0.2, 0.25) is 10.0 Å². The van der Waals surface area contributed by atoms with E-state index in [2.05, 4.69) is 5.32 Å². The number of hydrogen-bond acceptors (Lipinski definition) is 4. The maximum absolute atomic E-state index is 11.7. The SMILES string of the molecule is O=C(COC(=O)Cc1ccsc1)Nc1ccc(Cl)cc1Cl. The van der Waals surface area contributed by atoms with Crippen LogP contribution in [0.25, 0.3) is 0 Å². The van der Waals surface area contributed by atoms with E-state index in [0.717, 1.165) is 5.56 Å². The van der Waals surface area contributed by atoms with E-state index in [1.807, 2.05) is 16.8 Å². The van der Waals surface area contributed by atoms with Gasteiger partial charge in [-0.3, -0.25) is 9.59 Å². The highest BCUT2D eigenvalue weighted by atomic mass is 35.5. The second-order valence-electron chi connectivity index (χ2n) is 4.14. The van der Waals surface area contributed by atoms with Gasteiger partial charge in [0, 0.05) is 5.02 Å². The third-order valence-corrected chi connectivity index (χ3v) is 3.78. The molecule has 2 rings (SSSR count). The number of rotatable bonds is 5. The highest BCUT2D eigenvalue weighted by Gasteiger charge is 2.10. The van der Waals surface area contributed by atoms with Crippen LogP contribution in [0.4, 0.5) is 5.69 Å². The van der Waals surface area contributed by atoms with Crippen molar-refractivity contribution in [2.75, 3.05) is 11.9 Å². The summed E-state index contributed by atoms with van der Waals surface area (Å²) >= 11 is 13.2. The Labute approximate surface area is 135 Å². The van der Waals surface area contributed by atoms with Crippen molar-refractivity contribution in [2.45, 2.75) is 6.42 Å². The van der Waals surface area contributed by atoms with Gasteiger partial charge in [-0.15, -0.1) is 0 Å². The second-order valence-corrected chi connectivity index (χ2v) is 5.77. The molecule has 0 aliphatic heterocycles. The fraction of sp³-hybridized carbons (Fsp3) is 0.143. The highest BCUT2D eigenvalue weighted by Crippen LogP contribution is 2.25. The number of carbonyl (C=O) groups is 2. The number of benzene rings is 1. The maximum atomic E-state index is 11.7. The molecule has 4 nitrogen and oxygen atoms in total. The van der Waals surface area contributed by atoms with E-state index < -0.39 is 11.9 Å². The monoisotopic (exact) mass is 343 g/mol. The molecule has 1 aromatic carbocycles. The van der Waals surface area contributed by atoms with Crippen LogP contribution in [0, 0.1) is 0 Å². The lowest BCUT2D eigenvalue weighted by atomic mass is 10.2. The lowest BCUT2D eigenvalue weighted by Gasteiger charge is -2.08. The Balaban J connectivity index is 1.80. The Morgan fingerprint density at radius 1 is 1.24 bits per heavy atom. The van der Waals surface area contributed by atoms with Crippen molar-refractivity contribution in [2.24, 2.45) is 0 Å². The summed E-state index contributed by atoms with van der Waals surface area (Å²) in [6.45, 7) is -0.359. The van der Waals surface area contributed by atoms with E-state index in [1.165, 1.54) is 17.4 Å². The minimum absolute atomic E-state index is 0.151. The molecule has 0 saturated carbocycles. The Morgan fingerprint density at radius 3 is 2.71 bits per heavy atom. The Bertz CT molecular complexity index is 644. The summed E-state index contributed by atoms with van der Waals surface area (Å²) in [6, 6.07) is 6.53. The number of halogens is 2. The van der Waals surface area contributed by atoms with Crippen molar-refractivity contribution in [3.05, 3.63) is 50.6 Å². The summed E-state index contributed by atoms with van der Waals surface area (Å²) in [5.74, 6) is -0.913. The van der Waals surface area contributed by atoms with Gasteiger partial charge >= 0.3 is 5.97 Å². The van der Waals surface area contributed by atoms with E-state index >= 15 is 0 Å². The van der Waals surface area contributed by atoms with Crippen molar-refractivity contribution in [3.63, 3.8) is 0 Å². The molecule has 110 valence electrons. The standard InChI is InChI=1S/C14H11Cl2NO3S/c15-10-1-2-12(11(16)6-10)17-13(18)7-20-14(19)5-9-3-4-21-8-9/h1-4,6,8H,5,7H2,(H,17,18). The molecule has 7 heteroatoms. The first-order chi connectivity index (χ1) is 10.0. The summed E-state index contributed by atoms with van der Waals surface area (Å²) in [7, 11) is 0. The zero-order valence-corrected chi connectivity index (χ0v) is 13.1. The lowest BCUT2D eigenvalue weighted by Crippen LogP contribution is -2.21. The second kappa shape index (κ2) is 7.45. The number of esters is 1. The van der Waals surface area contributed by atoms with Gasteiger partial charge in [-0.25, -0.2) is 0 Å². The van der Waals surface area contributed by atoms with Crippen molar-refractivity contribution >= 4 is 52.1 Å². The number of thiophene rings is 1. The molecule has 1 N–H and O–H groups in total. The summed E-state index contributed by atoms with van der Waals surface area (Å²) in [6.07, 6.45) is 0.151. The maximum Gasteiger partial charge on any atom is 0.310 e. The van der Waals surface area contributed by atoms with Crippen LogP contribution in [0.3, 0.4) is 0 Å². The summed E-state index contributed by atoms with van der Waals surface area (Å²) in [4.78, 5) is 23.2. The first kappa shape index (κ1) is 15.8. The zero-order chi connectivity index (χ0) is 15.2. The Kier molecular flexibility index (Phi) is 5.61. The normalized spacial score (nSPS) is 10.2.